The molecule has 0 aliphatic carbocycles. The molecule has 4 N–H and O–H groups in total. The van der Waals surface area contributed by atoms with Gasteiger partial charge in [-0.3, -0.25) is 4.79 Å². The molecule has 23 heavy (non-hydrogen) atoms. The maximum atomic E-state index is 12.1. The lowest BCUT2D eigenvalue weighted by molar-refractivity contribution is 0.0697. The molecule has 2 rings (SSSR count). The van der Waals surface area contributed by atoms with E-state index in [-0.39, 0.29) is 16.9 Å². The van der Waals surface area contributed by atoms with E-state index in [9.17, 15) is 18.0 Å². The van der Waals surface area contributed by atoms with E-state index < -0.39 is 21.9 Å². The summed E-state index contributed by atoms with van der Waals surface area (Å²) in [6.07, 6.45) is 0. The van der Waals surface area contributed by atoms with Crippen LogP contribution in [0.15, 0.2) is 48.5 Å². The van der Waals surface area contributed by atoms with Crippen molar-refractivity contribution in [1.29, 1.82) is 0 Å². The number of sulfonamides is 1. The zero-order chi connectivity index (χ0) is 17.0. The number of carboxylic acids is 1. The van der Waals surface area contributed by atoms with Crippen LogP contribution in [0.2, 0.25) is 0 Å². The Morgan fingerprint density at radius 1 is 1.04 bits per heavy atom. The second-order valence-electron chi connectivity index (χ2n) is 4.84. The quantitative estimate of drug-likeness (QED) is 0.762. The highest BCUT2D eigenvalue weighted by Crippen LogP contribution is 2.13. The molecule has 0 saturated carbocycles. The normalized spacial score (nSPS) is 11.0. The Kier molecular flexibility index (Phi) is 4.77. The van der Waals surface area contributed by atoms with Crippen molar-refractivity contribution in [2.75, 3.05) is 5.32 Å². The number of primary sulfonamides is 1. The molecular formula is C15H14N2O5S. The minimum Gasteiger partial charge on any atom is -0.478 e. The molecule has 2 aromatic rings. The predicted octanol–water partition coefficient (Wildman–Crippen LogP) is 1.43. The van der Waals surface area contributed by atoms with E-state index in [0.717, 1.165) is 0 Å². The molecule has 0 bridgehead atoms. The molecule has 0 radical (unpaired) electrons. The molecule has 7 nitrogen and oxygen atoms in total. The van der Waals surface area contributed by atoms with Gasteiger partial charge in [0.25, 0.3) is 5.91 Å². The molecule has 8 heteroatoms. The number of hydrogen-bond acceptors (Lipinski definition) is 4. The molecule has 0 aliphatic rings. The summed E-state index contributed by atoms with van der Waals surface area (Å²) in [5, 5.41) is 16.5. The highest BCUT2D eigenvalue weighted by Gasteiger charge is 2.10. The number of rotatable bonds is 5. The van der Waals surface area contributed by atoms with Gasteiger partial charge in [0.1, 0.15) is 0 Å². The van der Waals surface area contributed by atoms with Crippen LogP contribution in [0, 0.1) is 0 Å². The summed E-state index contributed by atoms with van der Waals surface area (Å²) >= 11 is 0. The van der Waals surface area contributed by atoms with E-state index in [1.807, 2.05) is 0 Å². The van der Waals surface area contributed by atoms with E-state index in [4.69, 9.17) is 10.2 Å². The number of aromatic carboxylic acids is 1. The van der Waals surface area contributed by atoms with Crippen molar-refractivity contribution < 1.29 is 23.1 Å². The maximum Gasteiger partial charge on any atom is 0.335 e. The van der Waals surface area contributed by atoms with Gasteiger partial charge < -0.3 is 10.4 Å². The Morgan fingerprint density at radius 3 is 2.22 bits per heavy atom. The monoisotopic (exact) mass is 334 g/mol. The molecule has 0 atom stereocenters. The minimum absolute atomic E-state index is 0.0150. The van der Waals surface area contributed by atoms with Crippen molar-refractivity contribution in [3.05, 3.63) is 65.2 Å². The third-order valence-corrected chi connectivity index (χ3v) is 3.69. The smallest absolute Gasteiger partial charge is 0.335 e. The van der Waals surface area contributed by atoms with Gasteiger partial charge in [-0.25, -0.2) is 18.4 Å². The van der Waals surface area contributed by atoms with Crippen LogP contribution >= 0.6 is 0 Å². The Hall–Kier alpha value is -2.71. The van der Waals surface area contributed by atoms with Crippen molar-refractivity contribution in [1.82, 2.24) is 0 Å². The molecule has 0 unspecified atom stereocenters. The number of benzene rings is 2. The Balaban J connectivity index is 2.11. The third-order valence-electron chi connectivity index (χ3n) is 2.95. The Bertz CT molecular complexity index is 844. The number of amides is 1. The summed E-state index contributed by atoms with van der Waals surface area (Å²) in [6, 6.07) is 11.8. The third kappa shape index (κ3) is 4.90. The van der Waals surface area contributed by atoms with E-state index in [1.54, 1.807) is 12.1 Å². The van der Waals surface area contributed by atoms with Crippen LogP contribution in [0.4, 0.5) is 5.69 Å². The number of carbonyl (C=O) groups is 2. The summed E-state index contributed by atoms with van der Waals surface area (Å²) in [5.74, 6) is -1.87. The van der Waals surface area contributed by atoms with Gasteiger partial charge in [-0.1, -0.05) is 18.2 Å². The van der Waals surface area contributed by atoms with Crippen LogP contribution < -0.4 is 10.5 Å². The summed E-state index contributed by atoms with van der Waals surface area (Å²) < 4.78 is 22.0. The number of nitrogens with two attached hydrogens (primary N) is 1. The van der Waals surface area contributed by atoms with Gasteiger partial charge in [0.15, 0.2) is 0 Å². The summed E-state index contributed by atoms with van der Waals surface area (Å²) in [5.41, 5.74) is 1.17. The van der Waals surface area contributed by atoms with Gasteiger partial charge in [0, 0.05) is 11.3 Å². The lowest BCUT2D eigenvalue weighted by Gasteiger charge is -2.07. The first kappa shape index (κ1) is 16.7. The second kappa shape index (κ2) is 6.59. The summed E-state index contributed by atoms with van der Waals surface area (Å²) in [7, 11) is -3.61. The standard InChI is InChI=1S/C15H14N2O5S/c16-23(21,22)9-10-4-6-13(7-5-10)17-14(18)11-2-1-3-12(8-11)15(19)20/h1-8H,9H2,(H,17,18)(H,19,20)(H2,16,21,22). The molecule has 0 heterocycles. The van der Waals surface area contributed by atoms with Gasteiger partial charge in [0.2, 0.25) is 10.0 Å². The number of carbonyl (C=O) groups excluding carboxylic acids is 1. The van der Waals surface area contributed by atoms with Crippen molar-refractivity contribution in [2.45, 2.75) is 5.75 Å². The fourth-order valence-corrected chi connectivity index (χ4v) is 2.57. The number of nitrogens with one attached hydrogen (secondary N) is 1. The van der Waals surface area contributed by atoms with Crippen LogP contribution in [-0.4, -0.2) is 25.4 Å². The number of hydrogen-bond donors (Lipinski definition) is 3. The molecule has 2 aromatic carbocycles. The van der Waals surface area contributed by atoms with E-state index in [0.29, 0.717) is 11.3 Å². The molecule has 0 saturated heterocycles. The van der Waals surface area contributed by atoms with Crippen molar-refractivity contribution in [2.24, 2.45) is 5.14 Å². The fraction of sp³-hybridized carbons (Fsp3) is 0.0667. The molecule has 120 valence electrons. The maximum absolute atomic E-state index is 12.1. The number of carboxylic acid groups (broad SMARTS) is 1. The van der Waals surface area contributed by atoms with E-state index in [1.165, 1.54) is 36.4 Å². The fourth-order valence-electron chi connectivity index (χ4n) is 1.91. The van der Waals surface area contributed by atoms with Crippen molar-refractivity contribution >= 4 is 27.6 Å². The summed E-state index contributed by atoms with van der Waals surface area (Å²) in [6.45, 7) is 0. The van der Waals surface area contributed by atoms with Gasteiger partial charge in [0.05, 0.1) is 11.3 Å². The van der Waals surface area contributed by atoms with Crippen molar-refractivity contribution in [3.8, 4) is 0 Å². The molecule has 0 spiro atoms. The summed E-state index contributed by atoms with van der Waals surface area (Å²) in [4.78, 5) is 23.0. The van der Waals surface area contributed by atoms with Gasteiger partial charge in [-0.15, -0.1) is 0 Å². The highest BCUT2D eigenvalue weighted by atomic mass is 32.2. The van der Waals surface area contributed by atoms with Crippen LogP contribution in [0.25, 0.3) is 0 Å². The van der Waals surface area contributed by atoms with Gasteiger partial charge in [-0.2, -0.15) is 0 Å². The van der Waals surface area contributed by atoms with Crippen LogP contribution in [-0.2, 0) is 15.8 Å². The van der Waals surface area contributed by atoms with Gasteiger partial charge in [-0.05, 0) is 35.9 Å². The first-order valence-electron chi connectivity index (χ1n) is 6.49. The lowest BCUT2D eigenvalue weighted by Crippen LogP contribution is -2.15. The molecular weight excluding hydrogens is 320 g/mol. The molecule has 0 aromatic heterocycles. The topological polar surface area (TPSA) is 127 Å². The minimum atomic E-state index is -3.61. The van der Waals surface area contributed by atoms with E-state index >= 15 is 0 Å². The largest absolute Gasteiger partial charge is 0.478 e. The Morgan fingerprint density at radius 2 is 1.65 bits per heavy atom. The average Bonchev–Trinajstić information content (AvgIpc) is 2.48. The molecule has 0 aliphatic heterocycles. The van der Waals surface area contributed by atoms with Crippen LogP contribution in [0.5, 0.6) is 0 Å². The molecule has 0 fully saturated rings. The van der Waals surface area contributed by atoms with Crippen molar-refractivity contribution in [3.63, 3.8) is 0 Å². The average molecular weight is 334 g/mol. The predicted molar refractivity (Wildman–Crippen MR) is 84.6 cm³/mol. The number of anilines is 1. The zero-order valence-corrected chi connectivity index (χ0v) is 12.7. The zero-order valence-electron chi connectivity index (χ0n) is 11.9. The van der Waals surface area contributed by atoms with Gasteiger partial charge >= 0.3 is 5.97 Å². The first-order chi connectivity index (χ1) is 10.7. The lowest BCUT2D eigenvalue weighted by atomic mass is 10.1. The highest BCUT2D eigenvalue weighted by molar-refractivity contribution is 7.88. The van der Waals surface area contributed by atoms with Crippen LogP contribution in [0.3, 0.4) is 0 Å². The van der Waals surface area contributed by atoms with Crippen LogP contribution in [0.1, 0.15) is 26.3 Å². The first-order valence-corrected chi connectivity index (χ1v) is 8.20. The Labute approximate surface area is 132 Å². The van der Waals surface area contributed by atoms with E-state index in [2.05, 4.69) is 5.32 Å². The SMILES string of the molecule is NS(=O)(=O)Cc1ccc(NC(=O)c2cccc(C(=O)O)c2)cc1. The second-order valence-corrected chi connectivity index (χ2v) is 6.46. The molecule has 1 amide bonds.